The summed E-state index contributed by atoms with van der Waals surface area (Å²) >= 11 is 0. The van der Waals surface area contributed by atoms with Crippen LogP contribution >= 0.6 is 0 Å². The van der Waals surface area contributed by atoms with E-state index in [9.17, 15) is 0 Å². The number of nitrogens with zero attached hydrogens (tertiary/aromatic N) is 1. The van der Waals surface area contributed by atoms with Crippen LogP contribution in [0.1, 0.15) is 30.4 Å². The van der Waals surface area contributed by atoms with E-state index in [0.29, 0.717) is 5.92 Å². The van der Waals surface area contributed by atoms with Crippen LogP contribution in [0.25, 0.3) is 0 Å². The van der Waals surface area contributed by atoms with Crippen LogP contribution in [0, 0.1) is 6.92 Å². The second-order valence-corrected chi connectivity index (χ2v) is 3.82. The zero-order chi connectivity index (χ0) is 10.1. The molecule has 0 radical (unpaired) electrons. The minimum Gasteiger partial charge on any atom is -0.312 e. The number of rotatable bonds is 0. The minimum absolute atomic E-state index is 0.494. The van der Waals surface area contributed by atoms with E-state index in [1.54, 1.807) is 0 Å². The summed E-state index contributed by atoms with van der Waals surface area (Å²) in [5.74, 6) is 6.76. The Balaban J connectivity index is 2.55. The molecule has 1 aliphatic rings. The first-order valence-electron chi connectivity index (χ1n) is 4.86. The molecule has 0 amide bonds. The number of hydrogen-bond donors (Lipinski definition) is 2. The molecule has 0 saturated carbocycles. The van der Waals surface area contributed by atoms with Gasteiger partial charge in [0.1, 0.15) is 5.84 Å². The molecule has 14 heavy (non-hydrogen) atoms. The number of fused-ring (bicyclic) bond motifs is 1. The molecule has 1 atom stereocenters. The van der Waals surface area contributed by atoms with Gasteiger partial charge < -0.3 is 5.43 Å². The molecule has 1 aliphatic heterocycles. The van der Waals surface area contributed by atoms with Crippen LogP contribution in [0.2, 0.25) is 0 Å². The molecule has 3 N–H and O–H groups in total. The van der Waals surface area contributed by atoms with Gasteiger partial charge in [0.2, 0.25) is 0 Å². The lowest BCUT2D eigenvalue weighted by atomic mass is 9.91. The highest BCUT2D eigenvalue weighted by atomic mass is 15.3. The molecule has 0 aromatic heterocycles. The Hall–Kier alpha value is -1.35. The summed E-state index contributed by atoms with van der Waals surface area (Å²) in [6.07, 6.45) is 0.896. The minimum atomic E-state index is 0.494. The summed E-state index contributed by atoms with van der Waals surface area (Å²) in [7, 11) is 0. The van der Waals surface area contributed by atoms with Crippen LogP contribution in [0.5, 0.6) is 0 Å². The van der Waals surface area contributed by atoms with Crippen molar-refractivity contribution in [3.05, 3.63) is 29.3 Å². The maximum absolute atomic E-state index is 5.39. The third kappa shape index (κ3) is 1.40. The van der Waals surface area contributed by atoms with Crippen molar-refractivity contribution >= 4 is 11.5 Å². The summed E-state index contributed by atoms with van der Waals surface area (Å²) < 4.78 is 0. The van der Waals surface area contributed by atoms with Gasteiger partial charge in [0.15, 0.2) is 0 Å². The number of aryl methyl sites for hydroxylation is 1. The number of hydrogen-bond acceptors (Lipinski definition) is 3. The largest absolute Gasteiger partial charge is 0.312 e. The Bertz CT molecular complexity index is 382. The maximum atomic E-state index is 5.39. The number of nitrogens with one attached hydrogen (secondary N) is 1. The monoisotopic (exact) mass is 189 g/mol. The first-order chi connectivity index (χ1) is 6.72. The van der Waals surface area contributed by atoms with Crippen LogP contribution in [0.15, 0.2) is 23.2 Å². The molecule has 1 heterocycles. The smallest absolute Gasteiger partial charge is 0.117 e. The van der Waals surface area contributed by atoms with E-state index < -0.39 is 0 Å². The Morgan fingerprint density at radius 3 is 3.00 bits per heavy atom. The Labute approximate surface area is 84.0 Å². The van der Waals surface area contributed by atoms with Crippen molar-refractivity contribution in [1.29, 1.82) is 0 Å². The van der Waals surface area contributed by atoms with Crippen molar-refractivity contribution in [2.24, 2.45) is 10.8 Å². The average molecular weight is 189 g/mol. The molecule has 0 spiro atoms. The van der Waals surface area contributed by atoms with Gasteiger partial charge in [0, 0.05) is 6.42 Å². The highest BCUT2D eigenvalue weighted by molar-refractivity contribution is 5.88. The molecule has 1 aromatic rings. The maximum Gasteiger partial charge on any atom is 0.117 e. The van der Waals surface area contributed by atoms with E-state index in [1.165, 1.54) is 11.1 Å². The lowest BCUT2D eigenvalue weighted by Crippen LogP contribution is -2.32. The second-order valence-electron chi connectivity index (χ2n) is 3.82. The van der Waals surface area contributed by atoms with Crippen LogP contribution < -0.4 is 11.3 Å². The summed E-state index contributed by atoms with van der Waals surface area (Å²) in [6.45, 7) is 4.28. The third-order valence-corrected chi connectivity index (χ3v) is 2.71. The van der Waals surface area contributed by atoms with Gasteiger partial charge in [-0.05, 0) is 24.0 Å². The first-order valence-corrected chi connectivity index (χ1v) is 4.86. The predicted octanol–water partition coefficient (Wildman–Crippen LogP) is 2.00. The molecule has 0 bridgehead atoms. The molecule has 0 aliphatic carbocycles. The molecule has 3 heteroatoms. The summed E-state index contributed by atoms with van der Waals surface area (Å²) in [6, 6.07) is 6.30. The Kier molecular flexibility index (Phi) is 2.25. The molecule has 3 nitrogen and oxygen atoms in total. The summed E-state index contributed by atoms with van der Waals surface area (Å²) in [5.41, 5.74) is 6.27. The Morgan fingerprint density at radius 2 is 2.29 bits per heavy atom. The van der Waals surface area contributed by atoms with Gasteiger partial charge in [0.25, 0.3) is 0 Å². The molecule has 2 rings (SSSR count). The van der Waals surface area contributed by atoms with E-state index in [1.807, 2.05) is 0 Å². The van der Waals surface area contributed by atoms with E-state index >= 15 is 0 Å². The fourth-order valence-electron chi connectivity index (χ4n) is 1.90. The fourth-order valence-corrected chi connectivity index (χ4v) is 1.90. The third-order valence-electron chi connectivity index (χ3n) is 2.71. The van der Waals surface area contributed by atoms with E-state index in [0.717, 1.165) is 17.9 Å². The van der Waals surface area contributed by atoms with Crippen LogP contribution in [-0.4, -0.2) is 5.84 Å². The fraction of sp³-hybridized carbons (Fsp3) is 0.364. The average Bonchev–Trinajstić information content (AvgIpc) is 2.19. The summed E-state index contributed by atoms with van der Waals surface area (Å²) in [5, 5.41) is 0. The van der Waals surface area contributed by atoms with Gasteiger partial charge in [-0.1, -0.05) is 25.1 Å². The van der Waals surface area contributed by atoms with Gasteiger partial charge >= 0.3 is 0 Å². The van der Waals surface area contributed by atoms with Gasteiger partial charge in [-0.25, -0.2) is 10.8 Å². The Morgan fingerprint density at radius 1 is 1.50 bits per heavy atom. The first kappa shape index (κ1) is 9.21. The van der Waals surface area contributed by atoms with Crippen molar-refractivity contribution in [3.63, 3.8) is 0 Å². The molecule has 74 valence electrons. The second kappa shape index (κ2) is 3.42. The zero-order valence-electron chi connectivity index (χ0n) is 8.54. The van der Waals surface area contributed by atoms with Crippen molar-refractivity contribution in [3.8, 4) is 0 Å². The molecule has 1 aromatic carbocycles. The van der Waals surface area contributed by atoms with Crippen LogP contribution in [-0.2, 0) is 0 Å². The number of nitrogens with two attached hydrogens (primary N) is 1. The number of benzene rings is 1. The SMILES string of the molecule is Cc1cccc2c1N=C(NN)CC2C. The quantitative estimate of drug-likeness (QED) is 0.484. The van der Waals surface area contributed by atoms with Crippen LogP contribution in [0.3, 0.4) is 0 Å². The van der Waals surface area contributed by atoms with Crippen molar-refractivity contribution in [1.82, 2.24) is 5.43 Å². The number of aliphatic imine (C=N–C) groups is 1. The lowest BCUT2D eigenvalue weighted by molar-refractivity contribution is 0.761. The van der Waals surface area contributed by atoms with E-state index in [-0.39, 0.29) is 0 Å². The predicted molar refractivity (Wildman–Crippen MR) is 58.6 cm³/mol. The zero-order valence-corrected chi connectivity index (χ0v) is 8.54. The van der Waals surface area contributed by atoms with E-state index in [2.05, 4.69) is 42.5 Å². The van der Waals surface area contributed by atoms with Crippen molar-refractivity contribution in [2.45, 2.75) is 26.2 Å². The van der Waals surface area contributed by atoms with Crippen molar-refractivity contribution in [2.75, 3.05) is 0 Å². The highest BCUT2D eigenvalue weighted by Crippen LogP contribution is 2.35. The highest BCUT2D eigenvalue weighted by Gasteiger charge is 2.19. The van der Waals surface area contributed by atoms with Crippen LogP contribution in [0.4, 0.5) is 5.69 Å². The number of amidine groups is 1. The number of para-hydroxylation sites is 1. The van der Waals surface area contributed by atoms with Gasteiger partial charge in [-0.15, -0.1) is 0 Å². The normalized spacial score (nSPS) is 19.9. The van der Waals surface area contributed by atoms with Crippen molar-refractivity contribution < 1.29 is 0 Å². The van der Waals surface area contributed by atoms with Gasteiger partial charge in [0.05, 0.1) is 5.69 Å². The molecule has 0 fully saturated rings. The lowest BCUT2D eigenvalue weighted by Gasteiger charge is -2.22. The molecular weight excluding hydrogens is 174 g/mol. The standard InChI is InChI=1S/C11H15N3/c1-7-4-3-5-9-8(2)6-10(14-12)13-11(7)9/h3-5,8H,6,12H2,1-2H3,(H,13,14). The molecule has 1 unspecified atom stereocenters. The summed E-state index contributed by atoms with van der Waals surface area (Å²) in [4.78, 5) is 4.49. The molecule has 0 saturated heterocycles. The van der Waals surface area contributed by atoms with Gasteiger partial charge in [-0.3, -0.25) is 0 Å². The number of hydrazine groups is 1. The van der Waals surface area contributed by atoms with E-state index in [4.69, 9.17) is 5.84 Å². The van der Waals surface area contributed by atoms with Gasteiger partial charge in [-0.2, -0.15) is 0 Å². The topological polar surface area (TPSA) is 50.4 Å². The molecular formula is C11H15N3.